The van der Waals surface area contributed by atoms with E-state index in [0.717, 1.165) is 10.9 Å². The summed E-state index contributed by atoms with van der Waals surface area (Å²) in [6.07, 6.45) is -2.98. The van der Waals surface area contributed by atoms with Gasteiger partial charge in [-0.3, -0.25) is 9.48 Å². The highest BCUT2D eigenvalue weighted by molar-refractivity contribution is 5.96. The van der Waals surface area contributed by atoms with Crippen molar-refractivity contribution in [1.29, 1.82) is 5.26 Å². The number of aryl methyl sites for hydroxylation is 1. The van der Waals surface area contributed by atoms with Gasteiger partial charge in [-0.1, -0.05) is 0 Å². The van der Waals surface area contributed by atoms with Gasteiger partial charge in [0.25, 0.3) is 0 Å². The number of alkyl halides is 4. The molecule has 0 aliphatic heterocycles. The molecule has 1 N–H and O–H groups in total. The van der Waals surface area contributed by atoms with Crippen LogP contribution in [0.3, 0.4) is 0 Å². The second kappa shape index (κ2) is 4.40. The highest BCUT2D eigenvalue weighted by Gasteiger charge is 2.49. The second-order valence-electron chi connectivity index (χ2n) is 3.05. The first-order valence-corrected chi connectivity index (χ1v) is 4.20. The monoisotopic (exact) mass is 250 g/mol. The molecule has 1 rings (SSSR count). The number of anilines is 1. The van der Waals surface area contributed by atoms with E-state index in [0.29, 0.717) is 0 Å². The Morgan fingerprint density at radius 1 is 1.65 bits per heavy atom. The Morgan fingerprint density at radius 2 is 2.24 bits per heavy atom. The van der Waals surface area contributed by atoms with Gasteiger partial charge in [-0.15, -0.1) is 0 Å². The summed E-state index contributed by atoms with van der Waals surface area (Å²) in [6, 6.07) is 1.57. The van der Waals surface area contributed by atoms with Gasteiger partial charge in [-0.25, -0.2) is 8.78 Å². The molecule has 1 aromatic heterocycles. The number of hydrogen-bond donors (Lipinski definition) is 1. The summed E-state index contributed by atoms with van der Waals surface area (Å²) < 4.78 is 50.0. The number of amides is 1. The predicted molar refractivity (Wildman–Crippen MR) is 47.5 cm³/mol. The molecule has 0 unspecified atom stereocenters. The molecule has 1 amide bonds. The van der Waals surface area contributed by atoms with Gasteiger partial charge in [0.05, 0.1) is 0 Å². The third-order valence-electron chi connectivity index (χ3n) is 1.76. The Balaban J connectivity index is 2.93. The molecule has 17 heavy (non-hydrogen) atoms. The van der Waals surface area contributed by atoms with Crippen molar-refractivity contribution in [3.05, 3.63) is 11.8 Å². The average Bonchev–Trinajstić information content (AvgIpc) is 2.58. The van der Waals surface area contributed by atoms with Crippen molar-refractivity contribution in [3.8, 4) is 6.07 Å². The third kappa shape index (κ3) is 2.52. The van der Waals surface area contributed by atoms with E-state index in [1.54, 1.807) is 6.07 Å². The van der Waals surface area contributed by atoms with Gasteiger partial charge in [0.1, 0.15) is 11.6 Å². The molecule has 0 spiro atoms. The first-order valence-electron chi connectivity index (χ1n) is 4.20. The minimum Gasteiger partial charge on any atom is -0.303 e. The number of aromatic nitrogens is 2. The average molecular weight is 250 g/mol. The van der Waals surface area contributed by atoms with Crippen molar-refractivity contribution in [2.75, 3.05) is 5.32 Å². The van der Waals surface area contributed by atoms with Crippen LogP contribution < -0.4 is 5.32 Å². The molecule has 0 radical (unpaired) electrons. The molecule has 92 valence electrons. The Labute approximate surface area is 92.6 Å². The van der Waals surface area contributed by atoms with Gasteiger partial charge in [-0.05, 0) is 0 Å². The van der Waals surface area contributed by atoms with Gasteiger partial charge in [0.2, 0.25) is 0 Å². The first-order chi connectivity index (χ1) is 7.78. The molecule has 0 saturated carbocycles. The minimum absolute atomic E-state index is 0.203. The SMILES string of the molecule is Cn1cc(C#N)c(NC(=O)C(F)(F)C(F)F)n1. The van der Waals surface area contributed by atoms with Crippen LogP contribution in [0, 0.1) is 11.3 Å². The molecule has 0 aromatic carbocycles. The maximum absolute atomic E-state index is 12.6. The van der Waals surface area contributed by atoms with Crippen LogP contribution in [0.4, 0.5) is 23.4 Å². The van der Waals surface area contributed by atoms with E-state index < -0.39 is 24.1 Å². The molecular formula is C8H6F4N4O. The van der Waals surface area contributed by atoms with Gasteiger partial charge in [0, 0.05) is 13.2 Å². The number of rotatable bonds is 3. The lowest BCUT2D eigenvalue weighted by atomic mass is 10.3. The van der Waals surface area contributed by atoms with Gasteiger partial charge < -0.3 is 5.32 Å². The summed E-state index contributed by atoms with van der Waals surface area (Å²) >= 11 is 0. The van der Waals surface area contributed by atoms with Crippen molar-refractivity contribution in [2.24, 2.45) is 7.05 Å². The van der Waals surface area contributed by atoms with Crippen molar-refractivity contribution in [3.63, 3.8) is 0 Å². The number of carbonyl (C=O) groups is 1. The van der Waals surface area contributed by atoms with E-state index in [1.807, 2.05) is 0 Å². The molecule has 0 aliphatic carbocycles. The zero-order valence-corrected chi connectivity index (χ0v) is 8.42. The zero-order valence-electron chi connectivity index (χ0n) is 8.42. The number of halogens is 4. The van der Waals surface area contributed by atoms with Crippen LogP contribution in [0.1, 0.15) is 5.56 Å². The maximum Gasteiger partial charge on any atom is 0.383 e. The number of hydrogen-bond acceptors (Lipinski definition) is 3. The zero-order chi connectivity index (χ0) is 13.2. The van der Waals surface area contributed by atoms with Crippen molar-refractivity contribution in [1.82, 2.24) is 9.78 Å². The van der Waals surface area contributed by atoms with Crippen molar-refractivity contribution < 1.29 is 22.4 Å². The smallest absolute Gasteiger partial charge is 0.303 e. The van der Waals surface area contributed by atoms with Crippen LogP contribution in [0.5, 0.6) is 0 Å². The quantitative estimate of drug-likeness (QED) is 0.817. The van der Waals surface area contributed by atoms with E-state index >= 15 is 0 Å². The molecule has 0 atom stereocenters. The van der Waals surface area contributed by atoms with Crippen LogP contribution >= 0.6 is 0 Å². The van der Waals surface area contributed by atoms with E-state index in [4.69, 9.17) is 5.26 Å². The topological polar surface area (TPSA) is 70.7 Å². The summed E-state index contributed by atoms with van der Waals surface area (Å²) in [5.74, 6) is -7.52. The highest BCUT2D eigenvalue weighted by Crippen LogP contribution is 2.25. The fourth-order valence-corrected chi connectivity index (χ4v) is 0.953. The van der Waals surface area contributed by atoms with E-state index in [9.17, 15) is 22.4 Å². The lowest BCUT2D eigenvalue weighted by Gasteiger charge is -2.13. The number of nitriles is 1. The summed E-state index contributed by atoms with van der Waals surface area (Å²) in [5.41, 5.74) is -0.203. The van der Waals surface area contributed by atoms with E-state index in [2.05, 4.69) is 5.10 Å². The number of carbonyl (C=O) groups excluding carboxylic acids is 1. The Hall–Kier alpha value is -2.11. The first kappa shape index (κ1) is 13.0. The molecule has 0 saturated heterocycles. The molecule has 9 heteroatoms. The minimum atomic E-state index is -4.83. The van der Waals surface area contributed by atoms with E-state index in [1.165, 1.54) is 12.4 Å². The normalized spacial score (nSPS) is 11.4. The van der Waals surface area contributed by atoms with Gasteiger partial charge in [0.15, 0.2) is 5.82 Å². The fraction of sp³-hybridized carbons (Fsp3) is 0.375. The number of nitrogens with zero attached hydrogens (tertiary/aromatic N) is 3. The van der Waals surface area contributed by atoms with Crippen LogP contribution in [0.15, 0.2) is 6.20 Å². The Bertz CT molecular complexity index is 476. The molecule has 0 bridgehead atoms. The summed E-state index contributed by atoms with van der Waals surface area (Å²) in [4.78, 5) is 10.9. The summed E-state index contributed by atoms with van der Waals surface area (Å²) in [6.45, 7) is 0. The lowest BCUT2D eigenvalue weighted by molar-refractivity contribution is -0.163. The molecule has 0 aliphatic rings. The molecule has 5 nitrogen and oxygen atoms in total. The van der Waals surface area contributed by atoms with Gasteiger partial charge in [-0.2, -0.15) is 19.1 Å². The largest absolute Gasteiger partial charge is 0.383 e. The van der Waals surface area contributed by atoms with Gasteiger partial charge >= 0.3 is 18.3 Å². The van der Waals surface area contributed by atoms with Crippen LogP contribution in [-0.2, 0) is 11.8 Å². The standard InChI is InChI=1S/C8H6F4N4O/c1-16-3-4(2-13)5(15-16)14-7(17)8(11,12)6(9)10/h3,6H,1H3,(H,14,15,17). The van der Waals surface area contributed by atoms with E-state index in [-0.39, 0.29) is 5.56 Å². The van der Waals surface area contributed by atoms with Crippen molar-refractivity contribution in [2.45, 2.75) is 12.3 Å². The second-order valence-corrected chi connectivity index (χ2v) is 3.05. The molecule has 1 aromatic rings. The number of nitrogens with one attached hydrogen (secondary N) is 1. The maximum atomic E-state index is 12.6. The molecule has 0 fully saturated rings. The Kier molecular flexibility index (Phi) is 3.36. The fourth-order valence-electron chi connectivity index (χ4n) is 0.953. The molecule has 1 heterocycles. The summed E-state index contributed by atoms with van der Waals surface area (Å²) in [5, 5.41) is 13.5. The molecular weight excluding hydrogens is 244 g/mol. The van der Waals surface area contributed by atoms with Crippen LogP contribution in [0.2, 0.25) is 0 Å². The highest BCUT2D eigenvalue weighted by atomic mass is 19.3. The lowest BCUT2D eigenvalue weighted by Crippen LogP contribution is -2.41. The third-order valence-corrected chi connectivity index (χ3v) is 1.76. The van der Waals surface area contributed by atoms with Crippen molar-refractivity contribution >= 4 is 11.7 Å². The van der Waals surface area contributed by atoms with Crippen LogP contribution in [0.25, 0.3) is 0 Å². The van der Waals surface area contributed by atoms with Crippen LogP contribution in [-0.4, -0.2) is 28.0 Å². The predicted octanol–water partition coefficient (Wildman–Crippen LogP) is 1.13. The summed E-state index contributed by atoms with van der Waals surface area (Å²) in [7, 11) is 1.38. The Morgan fingerprint density at radius 3 is 2.71 bits per heavy atom.